The fraction of sp³-hybridized carbons (Fsp3) is 0.409. The quantitative estimate of drug-likeness (QED) is 0.721. The lowest BCUT2D eigenvalue weighted by Gasteiger charge is -2.31. The van der Waals surface area contributed by atoms with Gasteiger partial charge in [0.15, 0.2) is 0 Å². The van der Waals surface area contributed by atoms with Gasteiger partial charge in [0.1, 0.15) is 12.0 Å². The molecule has 0 spiro atoms. The van der Waals surface area contributed by atoms with Crippen molar-refractivity contribution >= 4 is 17.3 Å². The summed E-state index contributed by atoms with van der Waals surface area (Å²) in [7, 11) is 0. The van der Waals surface area contributed by atoms with Gasteiger partial charge in [-0.2, -0.15) is 0 Å². The fourth-order valence-corrected chi connectivity index (χ4v) is 4.31. The molecular formula is C22H26FN3O2. The van der Waals surface area contributed by atoms with Crippen LogP contribution in [-0.4, -0.2) is 17.3 Å². The number of nitrogens with one attached hydrogen (secondary N) is 2. The zero-order chi connectivity index (χ0) is 19.5. The number of nitrogens with zero attached hydrogens (tertiary/aromatic N) is 1. The minimum atomic E-state index is -0.287. The number of fused-ring (bicyclic) bond motifs is 1. The van der Waals surface area contributed by atoms with E-state index in [0.717, 1.165) is 43.5 Å². The van der Waals surface area contributed by atoms with Crippen molar-refractivity contribution in [1.82, 2.24) is 5.32 Å². The topological polar surface area (TPSA) is 64.6 Å². The Morgan fingerprint density at radius 3 is 2.57 bits per heavy atom. The van der Waals surface area contributed by atoms with Crippen molar-refractivity contribution in [3.05, 3.63) is 59.9 Å². The Bertz CT molecular complexity index is 836. The maximum atomic E-state index is 13.7. The Morgan fingerprint density at radius 2 is 1.82 bits per heavy atom. The van der Waals surface area contributed by atoms with Gasteiger partial charge in [0.2, 0.25) is 5.91 Å². The number of hydrogen-bond acceptors (Lipinski definition) is 4. The van der Waals surface area contributed by atoms with Crippen molar-refractivity contribution in [2.24, 2.45) is 11.8 Å². The lowest BCUT2D eigenvalue weighted by Crippen LogP contribution is -2.37. The van der Waals surface area contributed by atoms with Crippen LogP contribution >= 0.6 is 0 Å². The SMILES string of the molecule is O=C(NCc1ccccc1F)[C@H]1CC[C@@H](CC2Nc3ccccc3N2O)CC1. The van der Waals surface area contributed by atoms with Crippen LogP contribution in [0.5, 0.6) is 0 Å². The summed E-state index contributed by atoms with van der Waals surface area (Å²) >= 11 is 0. The summed E-state index contributed by atoms with van der Waals surface area (Å²) in [5.41, 5.74) is 2.28. The molecule has 2 aromatic carbocycles. The van der Waals surface area contributed by atoms with E-state index < -0.39 is 0 Å². The van der Waals surface area contributed by atoms with Crippen molar-refractivity contribution in [1.29, 1.82) is 0 Å². The van der Waals surface area contributed by atoms with E-state index in [4.69, 9.17) is 0 Å². The van der Waals surface area contributed by atoms with Gasteiger partial charge in [0.05, 0.1) is 11.4 Å². The fourth-order valence-electron chi connectivity index (χ4n) is 4.31. The molecule has 1 unspecified atom stereocenters. The van der Waals surface area contributed by atoms with Crippen LogP contribution < -0.4 is 15.7 Å². The van der Waals surface area contributed by atoms with Gasteiger partial charge < -0.3 is 10.6 Å². The molecule has 0 radical (unpaired) electrons. The van der Waals surface area contributed by atoms with Crippen molar-refractivity contribution in [2.75, 3.05) is 10.4 Å². The van der Waals surface area contributed by atoms with E-state index in [1.165, 1.54) is 11.1 Å². The first kappa shape index (κ1) is 18.7. The van der Waals surface area contributed by atoms with E-state index in [0.29, 0.717) is 11.5 Å². The Labute approximate surface area is 164 Å². The third-order valence-corrected chi connectivity index (χ3v) is 5.95. The second-order valence-corrected chi connectivity index (χ2v) is 7.78. The molecule has 1 amide bonds. The van der Waals surface area contributed by atoms with Crippen LogP contribution in [0, 0.1) is 17.7 Å². The van der Waals surface area contributed by atoms with Crippen molar-refractivity contribution < 1.29 is 14.4 Å². The van der Waals surface area contributed by atoms with Crippen LogP contribution in [0.3, 0.4) is 0 Å². The Kier molecular flexibility index (Phi) is 5.48. The number of para-hydroxylation sites is 2. The van der Waals surface area contributed by atoms with Crippen LogP contribution in [0.4, 0.5) is 15.8 Å². The first-order valence-electron chi connectivity index (χ1n) is 9.96. The monoisotopic (exact) mass is 383 g/mol. The summed E-state index contributed by atoms with van der Waals surface area (Å²) in [5.74, 6) is 0.182. The van der Waals surface area contributed by atoms with Gasteiger partial charge in [0, 0.05) is 18.0 Å². The number of amides is 1. The number of hydrogen-bond donors (Lipinski definition) is 3. The molecule has 1 saturated carbocycles. The smallest absolute Gasteiger partial charge is 0.223 e. The molecule has 1 aliphatic carbocycles. The zero-order valence-corrected chi connectivity index (χ0v) is 15.8. The van der Waals surface area contributed by atoms with Gasteiger partial charge in [0.25, 0.3) is 0 Å². The lowest BCUT2D eigenvalue weighted by molar-refractivity contribution is -0.126. The van der Waals surface area contributed by atoms with Gasteiger partial charge in [-0.3, -0.25) is 10.0 Å². The predicted molar refractivity (Wildman–Crippen MR) is 106 cm³/mol. The molecule has 1 atom stereocenters. The number of anilines is 2. The van der Waals surface area contributed by atoms with Crippen LogP contribution in [0.15, 0.2) is 48.5 Å². The van der Waals surface area contributed by atoms with E-state index >= 15 is 0 Å². The number of hydroxylamine groups is 1. The first-order chi connectivity index (χ1) is 13.6. The van der Waals surface area contributed by atoms with Crippen LogP contribution in [0.25, 0.3) is 0 Å². The summed E-state index contributed by atoms with van der Waals surface area (Å²) < 4.78 is 13.7. The largest absolute Gasteiger partial charge is 0.362 e. The molecule has 1 heterocycles. The Hall–Kier alpha value is -2.60. The van der Waals surface area contributed by atoms with E-state index in [1.807, 2.05) is 24.3 Å². The van der Waals surface area contributed by atoms with Gasteiger partial charge >= 0.3 is 0 Å². The molecule has 6 heteroatoms. The third-order valence-electron chi connectivity index (χ3n) is 5.95. The maximum Gasteiger partial charge on any atom is 0.223 e. The zero-order valence-electron chi connectivity index (χ0n) is 15.8. The van der Waals surface area contributed by atoms with Crippen molar-refractivity contribution in [2.45, 2.75) is 44.8 Å². The molecule has 1 aliphatic heterocycles. The standard InChI is InChI=1S/C22H26FN3O2/c23-18-6-2-1-5-17(18)14-24-22(27)16-11-9-15(10-12-16)13-21-25-19-7-3-4-8-20(19)26(21)28/h1-8,15-16,21,25,28H,9-14H2,(H,24,27)/t15-,16+,21?. The maximum absolute atomic E-state index is 13.7. The second-order valence-electron chi connectivity index (χ2n) is 7.78. The molecule has 1 fully saturated rings. The third kappa shape index (κ3) is 3.97. The summed E-state index contributed by atoms with van der Waals surface area (Å²) in [4.78, 5) is 12.4. The number of carbonyl (C=O) groups is 1. The minimum Gasteiger partial charge on any atom is -0.362 e. The molecule has 3 N–H and O–H groups in total. The average molecular weight is 383 g/mol. The molecule has 0 bridgehead atoms. The van der Waals surface area contributed by atoms with E-state index in [-0.39, 0.29) is 30.4 Å². The molecule has 28 heavy (non-hydrogen) atoms. The molecule has 0 saturated heterocycles. The predicted octanol–water partition coefficient (Wildman–Crippen LogP) is 4.29. The molecule has 2 aromatic rings. The number of rotatable bonds is 5. The van der Waals surface area contributed by atoms with Gasteiger partial charge in [-0.05, 0) is 56.2 Å². The minimum absolute atomic E-state index is 0.0110. The lowest BCUT2D eigenvalue weighted by atomic mass is 9.79. The van der Waals surface area contributed by atoms with Gasteiger partial charge in [-0.1, -0.05) is 30.3 Å². The van der Waals surface area contributed by atoms with Crippen LogP contribution in [0.2, 0.25) is 0 Å². The highest BCUT2D eigenvalue weighted by Gasteiger charge is 2.32. The first-order valence-corrected chi connectivity index (χ1v) is 9.96. The highest BCUT2D eigenvalue weighted by atomic mass is 19.1. The van der Waals surface area contributed by atoms with Gasteiger partial charge in [-0.25, -0.2) is 9.45 Å². The molecular weight excluding hydrogens is 357 g/mol. The van der Waals surface area contributed by atoms with Crippen molar-refractivity contribution in [3.8, 4) is 0 Å². The van der Waals surface area contributed by atoms with E-state index in [2.05, 4.69) is 10.6 Å². The molecule has 2 aliphatic rings. The van der Waals surface area contributed by atoms with Crippen LogP contribution in [-0.2, 0) is 11.3 Å². The van der Waals surface area contributed by atoms with Crippen molar-refractivity contribution in [3.63, 3.8) is 0 Å². The summed E-state index contributed by atoms with van der Waals surface area (Å²) in [5, 5.41) is 18.0. The highest BCUT2D eigenvalue weighted by molar-refractivity contribution is 5.78. The normalized spacial score (nSPS) is 23.8. The Balaban J connectivity index is 1.24. The molecule has 4 rings (SSSR count). The summed E-state index contributed by atoms with van der Waals surface area (Å²) in [6.45, 7) is 0.231. The molecule has 5 nitrogen and oxygen atoms in total. The van der Waals surface area contributed by atoms with Gasteiger partial charge in [-0.15, -0.1) is 0 Å². The summed E-state index contributed by atoms with van der Waals surface area (Å²) in [6.07, 6.45) is 4.31. The number of carbonyl (C=O) groups excluding carboxylic acids is 1. The Morgan fingerprint density at radius 1 is 1.11 bits per heavy atom. The summed E-state index contributed by atoms with van der Waals surface area (Å²) in [6, 6.07) is 14.3. The number of benzene rings is 2. The molecule has 0 aromatic heterocycles. The second kappa shape index (κ2) is 8.19. The molecule has 148 valence electrons. The van der Waals surface area contributed by atoms with Crippen LogP contribution in [0.1, 0.15) is 37.7 Å². The van der Waals surface area contributed by atoms with E-state index in [1.54, 1.807) is 18.2 Å². The van der Waals surface area contributed by atoms with E-state index in [9.17, 15) is 14.4 Å². The highest BCUT2D eigenvalue weighted by Crippen LogP contribution is 2.38. The number of halogens is 1. The average Bonchev–Trinajstić information content (AvgIpc) is 3.03.